The maximum Gasteiger partial charge on any atom is 0.227 e. The summed E-state index contributed by atoms with van der Waals surface area (Å²) in [7, 11) is 0. The highest BCUT2D eigenvalue weighted by molar-refractivity contribution is 6.17. The zero-order chi connectivity index (χ0) is 35.6. The lowest BCUT2D eigenvalue weighted by atomic mass is 10.0. The van der Waals surface area contributed by atoms with Gasteiger partial charge in [0.1, 0.15) is 11.1 Å². The van der Waals surface area contributed by atoms with E-state index in [4.69, 9.17) is 13.8 Å². The number of oxazole rings is 1. The van der Waals surface area contributed by atoms with Crippen molar-refractivity contribution in [2.24, 2.45) is 0 Å². The van der Waals surface area contributed by atoms with Crippen molar-refractivity contribution in [2.75, 3.05) is 4.90 Å². The van der Waals surface area contributed by atoms with E-state index in [9.17, 15) is 0 Å². The molecule has 0 atom stereocenters. The number of hydrogen-bond acceptors (Lipinski definition) is 4. The van der Waals surface area contributed by atoms with Gasteiger partial charge in [0.2, 0.25) is 5.89 Å². The summed E-state index contributed by atoms with van der Waals surface area (Å²) in [4.78, 5) is 7.22. The van der Waals surface area contributed by atoms with Crippen molar-refractivity contribution in [3.63, 3.8) is 0 Å². The molecule has 0 N–H and O–H groups in total. The van der Waals surface area contributed by atoms with Gasteiger partial charge in [-0.25, -0.2) is 4.98 Å². The van der Waals surface area contributed by atoms with Crippen molar-refractivity contribution >= 4 is 71.9 Å². The lowest BCUT2D eigenvalue weighted by molar-refractivity contribution is 0.617. The molecule has 0 aliphatic carbocycles. The Labute approximate surface area is 310 Å². The lowest BCUT2D eigenvalue weighted by Gasteiger charge is -2.27. The van der Waals surface area contributed by atoms with E-state index in [-0.39, 0.29) is 0 Å². The molecule has 0 spiro atoms. The molecule has 0 saturated carbocycles. The summed E-state index contributed by atoms with van der Waals surface area (Å²) >= 11 is 0. The minimum atomic E-state index is 0.593. The molecule has 0 radical (unpaired) electrons. The van der Waals surface area contributed by atoms with E-state index < -0.39 is 0 Å². The number of hydrogen-bond donors (Lipinski definition) is 0. The number of para-hydroxylation sites is 4. The van der Waals surface area contributed by atoms with Gasteiger partial charge in [-0.05, 0) is 71.8 Å². The number of aromatic nitrogens is 2. The van der Waals surface area contributed by atoms with E-state index in [1.54, 1.807) is 0 Å². The summed E-state index contributed by atoms with van der Waals surface area (Å²) in [6.45, 7) is 0. The molecule has 11 aromatic rings. The molecule has 8 aromatic carbocycles. The maximum atomic E-state index is 6.87. The van der Waals surface area contributed by atoms with Crippen molar-refractivity contribution in [1.82, 2.24) is 9.55 Å². The van der Waals surface area contributed by atoms with Crippen LogP contribution >= 0.6 is 0 Å². The SMILES string of the molecule is c1ccc(-c2ccc(N(c3cccc4c3oc3cc5oc(-c6ccccc6)nc5cc34)c3cccc4c5ccccc5n(-c5ccccc5)c34)cc2)cc1. The number of furan rings is 1. The van der Waals surface area contributed by atoms with Crippen LogP contribution in [0.25, 0.3) is 83.1 Å². The van der Waals surface area contributed by atoms with Crippen LogP contribution in [0.5, 0.6) is 0 Å². The highest BCUT2D eigenvalue weighted by Gasteiger charge is 2.25. The highest BCUT2D eigenvalue weighted by Crippen LogP contribution is 2.47. The Morgan fingerprint density at radius 2 is 1.07 bits per heavy atom. The second-order valence-corrected chi connectivity index (χ2v) is 13.6. The van der Waals surface area contributed by atoms with Crippen LogP contribution in [-0.2, 0) is 0 Å². The van der Waals surface area contributed by atoms with Crippen LogP contribution in [0.15, 0.2) is 197 Å². The normalized spacial score (nSPS) is 11.7. The molecule has 3 aromatic heterocycles. The van der Waals surface area contributed by atoms with Crippen LogP contribution in [0, 0.1) is 0 Å². The van der Waals surface area contributed by atoms with E-state index in [1.807, 2.05) is 36.4 Å². The summed E-state index contributed by atoms with van der Waals surface area (Å²) in [6, 6.07) is 65.7. The van der Waals surface area contributed by atoms with Gasteiger partial charge >= 0.3 is 0 Å². The van der Waals surface area contributed by atoms with Crippen LogP contribution in [0.4, 0.5) is 17.1 Å². The smallest absolute Gasteiger partial charge is 0.227 e. The number of rotatable bonds is 6. The number of benzene rings is 8. The van der Waals surface area contributed by atoms with E-state index in [0.29, 0.717) is 11.5 Å². The molecule has 0 unspecified atom stereocenters. The van der Waals surface area contributed by atoms with Crippen LogP contribution in [0.3, 0.4) is 0 Å². The van der Waals surface area contributed by atoms with Gasteiger partial charge < -0.3 is 18.3 Å². The van der Waals surface area contributed by atoms with Gasteiger partial charge in [0.05, 0.1) is 22.4 Å². The summed E-state index contributed by atoms with van der Waals surface area (Å²) in [5.41, 5.74) is 12.6. The van der Waals surface area contributed by atoms with Crippen molar-refractivity contribution in [2.45, 2.75) is 0 Å². The minimum Gasteiger partial charge on any atom is -0.454 e. The average molecular weight is 694 g/mol. The molecule has 5 nitrogen and oxygen atoms in total. The van der Waals surface area contributed by atoms with Crippen LogP contribution in [-0.4, -0.2) is 9.55 Å². The molecule has 0 aliphatic heterocycles. The molecule has 0 aliphatic rings. The molecule has 0 saturated heterocycles. The van der Waals surface area contributed by atoms with E-state index in [1.165, 1.54) is 16.3 Å². The Hall–Kier alpha value is -7.37. The third-order valence-electron chi connectivity index (χ3n) is 10.4. The predicted octanol–water partition coefficient (Wildman–Crippen LogP) is 13.6. The van der Waals surface area contributed by atoms with E-state index in [2.05, 4.69) is 161 Å². The molecule has 254 valence electrons. The first-order chi connectivity index (χ1) is 26.8. The van der Waals surface area contributed by atoms with Gasteiger partial charge in [-0.1, -0.05) is 121 Å². The van der Waals surface area contributed by atoms with Gasteiger partial charge in [0, 0.05) is 44.5 Å². The number of anilines is 3. The molecular weight excluding hydrogens is 663 g/mol. The second-order valence-electron chi connectivity index (χ2n) is 13.6. The fraction of sp³-hybridized carbons (Fsp3) is 0. The Morgan fingerprint density at radius 1 is 0.444 bits per heavy atom. The molecule has 0 fully saturated rings. The topological polar surface area (TPSA) is 47.3 Å². The Morgan fingerprint density at radius 3 is 1.85 bits per heavy atom. The van der Waals surface area contributed by atoms with Crippen molar-refractivity contribution < 1.29 is 8.83 Å². The van der Waals surface area contributed by atoms with Crippen molar-refractivity contribution in [3.05, 3.63) is 188 Å². The zero-order valence-corrected chi connectivity index (χ0v) is 29.1. The minimum absolute atomic E-state index is 0.593. The Kier molecular flexibility index (Phi) is 6.79. The third kappa shape index (κ3) is 4.76. The predicted molar refractivity (Wildman–Crippen MR) is 221 cm³/mol. The fourth-order valence-corrected chi connectivity index (χ4v) is 7.95. The summed E-state index contributed by atoms with van der Waals surface area (Å²) in [5.74, 6) is 0.593. The molecule has 11 rings (SSSR count). The third-order valence-corrected chi connectivity index (χ3v) is 10.4. The first-order valence-electron chi connectivity index (χ1n) is 18.1. The largest absolute Gasteiger partial charge is 0.454 e. The lowest BCUT2D eigenvalue weighted by Crippen LogP contribution is -2.12. The summed E-state index contributed by atoms with van der Waals surface area (Å²) in [5, 5.41) is 4.37. The number of nitrogens with zero attached hydrogens (tertiary/aromatic N) is 3. The monoisotopic (exact) mass is 693 g/mol. The Balaban J connectivity index is 1.17. The quantitative estimate of drug-likeness (QED) is 0.174. The van der Waals surface area contributed by atoms with Crippen molar-refractivity contribution in [3.8, 4) is 28.3 Å². The van der Waals surface area contributed by atoms with Gasteiger partial charge in [-0.15, -0.1) is 0 Å². The molecular formula is C49H31N3O2. The van der Waals surface area contributed by atoms with Crippen LogP contribution < -0.4 is 4.90 Å². The molecule has 0 bridgehead atoms. The zero-order valence-electron chi connectivity index (χ0n) is 29.1. The fourth-order valence-electron chi connectivity index (χ4n) is 7.95. The van der Waals surface area contributed by atoms with Crippen LogP contribution in [0.1, 0.15) is 0 Å². The first kappa shape index (κ1) is 30.3. The second kappa shape index (κ2) is 12.1. The highest BCUT2D eigenvalue weighted by atomic mass is 16.4. The van der Waals surface area contributed by atoms with Crippen LogP contribution in [0.2, 0.25) is 0 Å². The van der Waals surface area contributed by atoms with Gasteiger partial charge in [0.15, 0.2) is 11.2 Å². The van der Waals surface area contributed by atoms with Gasteiger partial charge in [0.25, 0.3) is 0 Å². The van der Waals surface area contributed by atoms with E-state index in [0.717, 1.165) is 72.4 Å². The average Bonchev–Trinajstić information content (AvgIpc) is 3.93. The number of fused-ring (bicyclic) bond motifs is 7. The Bertz CT molecular complexity index is 3140. The summed E-state index contributed by atoms with van der Waals surface area (Å²) in [6.07, 6.45) is 0. The first-order valence-corrected chi connectivity index (χ1v) is 18.1. The van der Waals surface area contributed by atoms with Crippen molar-refractivity contribution in [1.29, 1.82) is 0 Å². The maximum absolute atomic E-state index is 6.87. The van der Waals surface area contributed by atoms with E-state index >= 15 is 0 Å². The van der Waals surface area contributed by atoms with Gasteiger partial charge in [-0.3, -0.25) is 0 Å². The standard InChI is InChI=1S/C49H31N3O2/c1-4-14-32(15-5-1)33-26-28-36(29-27-33)51(43-24-12-21-38-37-20-10-11-23-42(37)52(47(38)43)35-18-8-3-9-19-35)44-25-13-22-39-40-30-41-46(31-45(40)53-48(39)44)54-49(50-41)34-16-6-2-7-17-34/h1-31H. The molecule has 3 heterocycles. The molecule has 0 amide bonds. The van der Waals surface area contributed by atoms with Gasteiger partial charge in [-0.2, -0.15) is 0 Å². The summed E-state index contributed by atoms with van der Waals surface area (Å²) < 4.78 is 15.5. The molecule has 54 heavy (non-hydrogen) atoms. The molecule has 5 heteroatoms.